The number of rotatable bonds is 4. The first-order chi connectivity index (χ1) is 9.47. The minimum Gasteiger partial charge on any atom is -0.304 e. The van der Waals surface area contributed by atoms with Crippen LogP contribution in [0.4, 0.5) is 4.39 Å². The Labute approximate surface area is 120 Å². The fourth-order valence-electron chi connectivity index (χ4n) is 2.56. The highest BCUT2D eigenvalue weighted by atomic mass is 19.1. The Morgan fingerprint density at radius 1 is 0.950 bits per heavy atom. The minimum absolute atomic E-state index is 0.112. The van der Waals surface area contributed by atoms with E-state index in [0.717, 1.165) is 5.56 Å². The summed E-state index contributed by atoms with van der Waals surface area (Å²) in [4.78, 5) is 0. The number of hydrogen-bond acceptors (Lipinski definition) is 1. The van der Waals surface area contributed by atoms with E-state index in [1.54, 1.807) is 12.1 Å². The molecule has 2 heteroatoms. The highest BCUT2D eigenvalue weighted by Crippen LogP contribution is 2.23. The number of halogens is 1. The molecule has 1 N–H and O–H groups in total. The van der Waals surface area contributed by atoms with Crippen molar-refractivity contribution in [3.8, 4) is 0 Å². The van der Waals surface area contributed by atoms with Crippen LogP contribution in [0.2, 0.25) is 0 Å². The summed E-state index contributed by atoms with van der Waals surface area (Å²) in [5.74, 6) is -0.185. The Kier molecular flexibility index (Phi) is 4.56. The zero-order valence-corrected chi connectivity index (χ0v) is 12.6. The van der Waals surface area contributed by atoms with Crippen LogP contribution in [0.3, 0.4) is 0 Å². The number of aryl methyl sites for hydroxylation is 2. The molecule has 2 aromatic rings. The van der Waals surface area contributed by atoms with E-state index in [9.17, 15) is 4.39 Å². The Bertz CT molecular complexity index is 592. The average molecular weight is 271 g/mol. The Morgan fingerprint density at radius 3 is 2.40 bits per heavy atom. The first-order valence-corrected chi connectivity index (χ1v) is 7.06. The number of nitrogens with one attached hydrogen (secondary N) is 1. The van der Waals surface area contributed by atoms with Gasteiger partial charge in [0, 0.05) is 12.1 Å². The van der Waals surface area contributed by atoms with Crippen LogP contribution in [0, 0.1) is 19.7 Å². The Balaban J connectivity index is 2.15. The van der Waals surface area contributed by atoms with Crippen LogP contribution in [0.15, 0.2) is 42.5 Å². The quantitative estimate of drug-likeness (QED) is 0.837. The molecule has 0 aliphatic rings. The molecule has 0 aromatic heterocycles. The van der Waals surface area contributed by atoms with Gasteiger partial charge in [0.15, 0.2) is 0 Å². The van der Waals surface area contributed by atoms with E-state index in [1.165, 1.54) is 22.8 Å². The zero-order chi connectivity index (χ0) is 14.7. The average Bonchev–Trinajstić information content (AvgIpc) is 2.41. The summed E-state index contributed by atoms with van der Waals surface area (Å²) in [6, 6.07) is 13.6. The molecular weight excluding hydrogens is 249 g/mol. The van der Waals surface area contributed by atoms with Gasteiger partial charge in [0.1, 0.15) is 5.82 Å². The van der Waals surface area contributed by atoms with Gasteiger partial charge >= 0.3 is 0 Å². The second-order valence-corrected chi connectivity index (χ2v) is 5.53. The molecule has 1 nitrogen and oxygen atoms in total. The highest BCUT2D eigenvalue weighted by molar-refractivity contribution is 5.33. The SMILES string of the molecule is Cc1ccc(C)c(C(C)N[C@@H](C)c2cccc(F)c2)c1. The van der Waals surface area contributed by atoms with Gasteiger partial charge in [-0.05, 0) is 56.5 Å². The molecule has 2 aromatic carbocycles. The van der Waals surface area contributed by atoms with Crippen molar-refractivity contribution in [2.75, 3.05) is 0 Å². The summed E-state index contributed by atoms with van der Waals surface area (Å²) in [6.07, 6.45) is 0. The third-order valence-electron chi connectivity index (χ3n) is 3.75. The van der Waals surface area contributed by atoms with Crippen LogP contribution in [0.25, 0.3) is 0 Å². The Morgan fingerprint density at radius 2 is 1.70 bits per heavy atom. The lowest BCUT2D eigenvalue weighted by Gasteiger charge is -2.22. The molecule has 0 fully saturated rings. The molecule has 0 aliphatic carbocycles. The maximum Gasteiger partial charge on any atom is 0.123 e. The van der Waals surface area contributed by atoms with Crippen molar-refractivity contribution < 1.29 is 4.39 Å². The van der Waals surface area contributed by atoms with Gasteiger partial charge in [-0.25, -0.2) is 4.39 Å². The molecule has 2 rings (SSSR count). The van der Waals surface area contributed by atoms with Crippen molar-refractivity contribution in [3.05, 3.63) is 70.5 Å². The van der Waals surface area contributed by atoms with Crippen molar-refractivity contribution in [1.29, 1.82) is 0 Å². The summed E-state index contributed by atoms with van der Waals surface area (Å²) in [6.45, 7) is 8.44. The predicted octanol–water partition coefficient (Wildman–Crippen LogP) is 4.85. The molecule has 106 valence electrons. The van der Waals surface area contributed by atoms with E-state index in [4.69, 9.17) is 0 Å². The van der Waals surface area contributed by atoms with Gasteiger partial charge in [-0.3, -0.25) is 0 Å². The molecule has 0 bridgehead atoms. The molecule has 2 atom stereocenters. The lowest BCUT2D eigenvalue weighted by molar-refractivity contribution is 0.490. The summed E-state index contributed by atoms with van der Waals surface area (Å²) in [5, 5.41) is 3.54. The fraction of sp³-hybridized carbons (Fsp3) is 0.333. The molecule has 0 heterocycles. The van der Waals surface area contributed by atoms with E-state index in [2.05, 4.69) is 51.2 Å². The van der Waals surface area contributed by atoms with Gasteiger partial charge in [0.05, 0.1) is 0 Å². The smallest absolute Gasteiger partial charge is 0.123 e. The van der Waals surface area contributed by atoms with Gasteiger partial charge < -0.3 is 5.32 Å². The van der Waals surface area contributed by atoms with Crippen LogP contribution in [-0.2, 0) is 0 Å². The zero-order valence-electron chi connectivity index (χ0n) is 12.6. The highest BCUT2D eigenvalue weighted by Gasteiger charge is 2.13. The largest absolute Gasteiger partial charge is 0.304 e. The first kappa shape index (κ1) is 14.7. The van der Waals surface area contributed by atoms with Gasteiger partial charge in [-0.2, -0.15) is 0 Å². The summed E-state index contributed by atoms with van der Waals surface area (Å²) in [7, 11) is 0. The van der Waals surface area contributed by atoms with Crippen molar-refractivity contribution in [3.63, 3.8) is 0 Å². The van der Waals surface area contributed by atoms with Gasteiger partial charge in [-0.1, -0.05) is 35.9 Å². The van der Waals surface area contributed by atoms with E-state index in [-0.39, 0.29) is 17.9 Å². The maximum absolute atomic E-state index is 13.3. The summed E-state index contributed by atoms with van der Waals surface area (Å²) >= 11 is 0. The summed E-state index contributed by atoms with van der Waals surface area (Å²) in [5.41, 5.74) is 4.81. The van der Waals surface area contributed by atoms with Crippen molar-refractivity contribution >= 4 is 0 Å². The Hall–Kier alpha value is -1.67. The van der Waals surface area contributed by atoms with E-state index >= 15 is 0 Å². The molecule has 1 unspecified atom stereocenters. The van der Waals surface area contributed by atoms with Crippen molar-refractivity contribution in [2.45, 2.75) is 39.8 Å². The number of hydrogen-bond donors (Lipinski definition) is 1. The molecule has 0 spiro atoms. The van der Waals surface area contributed by atoms with Crippen LogP contribution in [-0.4, -0.2) is 0 Å². The molecule has 0 saturated heterocycles. The van der Waals surface area contributed by atoms with Gasteiger partial charge in [0.2, 0.25) is 0 Å². The van der Waals surface area contributed by atoms with Gasteiger partial charge in [-0.15, -0.1) is 0 Å². The topological polar surface area (TPSA) is 12.0 Å². The first-order valence-electron chi connectivity index (χ1n) is 7.06. The van der Waals surface area contributed by atoms with E-state index in [1.807, 2.05) is 6.07 Å². The predicted molar refractivity (Wildman–Crippen MR) is 82.3 cm³/mol. The molecule has 0 saturated carbocycles. The van der Waals surface area contributed by atoms with Crippen molar-refractivity contribution in [2.24, 2.45) is 0 Å². The fourth-order valence-corrected chi connectivity index (χ4v) is 2.56. The normalized spacial score (nSPS) is 14.1. The second kappa shape index (κ2) is 6.19. The maximum atomic E-state index is 13.3. The molecule has 0 aliphatic heterocycles. The van der Waals surface area contributed by atoms with E-state index in [0.29, 0.717) is 0 Å². The van der Waals surface area contributed by atoms with Crippen LogP contribution in [0.5, 0.6) is 0 Å². The minimum atomic E-state index is -0.185. The number of benzene rings is 2. The lowest BCUT2D eigenvalue weighted by Crippen LogP contribution is -2.23. The van der Waals surface area contributed by atoms with E-state index < -0.39 is 0 Å². The van der Waals surface area contributed by atoms with Crippen LogP contribution >= 0.6 is 0 Å². The van der Waals surface area contributed by atoms with Crippen LogP contribution in [0.1, 0.15) is 48.2 Å². The molecular formula is C18H22FN. The van der Waals surface area contributed by atoms with Crippen LogP contribution < -0.4 is 5.32 Å². The second-order valence-electron chi connectivity index (χ2n) is 5.53. The third kappa shape index (κ3) is 3.45. The molecule has 20 heavy (non-hydrogen) atoms. The van der Waals surface area contributed by atoms with Crippen molar-refractivity contribution in [1.82, 2.24) is 5.32 Å². The standard InChI is InChI=1S/C18H22FN/c1-12-8-9-13(2)18(10-12)15(4)20-14(3)16-6-5-7-17(19)11-16/h5-11,14-15,20H,1-4H3/t14-,15?/m0/s1. The molecule has 0 radical (unpaired) electrons. The van der Waals surface area contributed by atoms with Gasteiger partial charge in [0.25, 0.3) is 0 Å². The lowest BCUT2D eigenvalue weighted by atomic mass is 9.98. The molecule has 0 amide bonds. The monoisotopic (exact) mass is 271 g/mol. The third-order valence-corrected chi connectivity index (χ3v) is 3.75. The summed E-state index contributed by atoms with van der Waals surface area (Å²) < 4.78 is 13.3.